The van der Waals surface area contributed by atoms with Gasteiger partial charge < -0.3 is 31.3 Å². The maximum Gasteiger partial charge on any atom is 1.00 e. The minimum absolute atomic E-state index is 0. The molecule has 0 bridgehead atoms. The Morgan fingerprint density at radius 3 is 1.12 bits per heavy atom. The number of carboxylic acid groups (broad SMARTS) is 2. The molecular weight excluding hydrogens is 274 g/mol. The van der Waals surface area contributed by atoms with E-state index in [4.69, 9.17) is 11.5 Å². The number of hydrogen-bond acceptors (Lipinski definition) is 8. The van der Waals surface area contributed by atoms with Gasteiger partial charge in [-0.15, -0.1) is 0 Å². The molecule has 0 heterocycles. The largest absolute Gasteiger partial charge is 1.00 e. The van der Waals surface area contributed by atoms with Gasteiger partial charge in [0, 0.05) is 11.5 Å². The van der Waals surface area contributed by atoms with Crippen LogP contribution in [0.1, 0.15) is 0 Å². The van der Waals surface area contributed by atoms with Crippen LogP contribution < -0.4 is 80.8 Å². The standard InChI is InChI=1S/2C3H7NO2S.2Na/c2*4-2(1-7)3(5)6;;/h2*2,7H,1,4H2,(H,5,6);;/q;;2*+1/p-2/t2*2-;;/m00../s1. The molecule has 0 rings (SSSR count). The van der Waals surface area contributed by atoms with E-state index in [0.29, 0.717) is 0 Å². The summed E-state index contributed by atoms with van der Waals surface area (Å²) in [5, 5.41) is 19.3. The zero-order chi connectivity index (χ0) is 11.7. The van der Waals surface area contributed by atoms with Gasteiger partial charge in [0.05, 0.1) is 24.0 Å². The summed E-state index contributed by atoms with van der Waals surface area (Å²) >= 11 is 7.22. The van der Waals surface area contributed by atoms with Crippen molar-refractivity contribution in [2.75, 3.05) is 11.5 Å². The number of nitrogens with two attached hydrogens (primary N) is 2. The molecule has 0 spiro atoms. The molecule has 0 aromatic rings. The minimum atomic E-state index is -1.25. The molecule has 0 aliphatic carbocycles. The Balaban J connectivity index is -0.0000000800. The van der Waals surface area contributed by atoms with E-state index in [2.05, 4.69) is 25.3 Å². The van der Waals surface area contributed by atoms with Crippen molar-refractivity contribution < 1.29 is 78.9 Å². The topological polar surface area (TPSA) is 132 Å². The Labute approximate surface area is 149 Å². The number of carboxylic acids is 2. The van der Waals surface area contributed by atoms with E-state index in [9.17, 15) is 19.8 Å². The molecule has 0 saturated heterocycles. The molecule has 0 aliphatic rings. The van der Waals surface area contributed by atoms with Crippen molar-refractivity contribution in [1.29, 1.82) is 0 Å². The van der Waals surface area contributed by atoms with Gasteiger partial charge in [-0.3, -0.25) is 0 Å². The van der Waals surface area contributed by atoms with Crippen molar-refractivity contribution in [3.05, 3.63) is 0 Å². The van der Waals surface area contributed by atoms with Crippen molar-refractivity contribution in [2.24, 2.45) is 11.5 Å². The van der Waals surface area contributed by atoms with Crippen LogP contribution in [-0.4, -0.2) is 35.5 Å². The zero-order valence-corrected chi connectivity index (χ0v) is 15.0. The number of hydrogen-bond donors (Lipinski definition) is 4. The van der Waals surface area contributed by atoms with Gasteiger partial charge in [0.25, 0.3) is 0 Å². The molecule has 16 heavy (non-hydrogen) atoms. The first-order valence-electron chi connectivity index (χ1n) is 3.51. The summed E-state index contributed by atoms with van der Waals surface area (Å²) in [5.74, 6) is -2.25. The fraction of sp³-hybridized carbons (Fsp3) is 0.667. The van der Waals surface area contributed by atoms with Crippen molar-refractivity contribution in [2.45, 2.75) is 12.1 Å². The first-order valence-corrected chi connectivity index (χ1v) is 4.77. The van der Waals surface area contributed by atoms with E-state index >= 15 is 0 Å². The molecule has 0 aromatic carbocycles. The normalized spacial score (nSPS) is 11.8. The maximum atomic E-state index is 9.65. The Hall–Kier alpha value is 1.56. The molecule has 0 aliphatic heterocycles. The fourth-order valence-corrected chi connectivity index (χ4v) is 0.447. The van der Waals surface area contributed by atoms with E-state index in [-0.39, 0.29) is 70.6 Å². The smallest absolute Gasteiger partial charge is 0.548 e. The van der Waals surface area contributed by atoms with Gasteiger partial charge in [0.1, 0.15) is 0 Å². The van der Waals surface area contributed by atoms with Gasteiger partial charge in [-0.1, -0.05) is 0 Å². The third-order valence-corrected chi connectivity index (χ3v) is 1.79. The quantitative estimate of drug-likeness (QED) is 0.300. The van der Waals surface area contributed by atoms with Gasteiger partial charge in [0.15, 0.2) is 0 Å². The van der Waals surface area contributed by atoms with Crippen LogP contribution in [0.2, 0.25) is 0 Å². The summed E-state index contributed by atoms with van der Waals surface area (Å²) < 4.78 is 0. The molecule has 0 aromatic heterocycles. The molecule has 84 valence electrons. The summed E-state index contributed by atoms with van der Waals surface area (Å²) in [6, 6.07) is -1.85. The maximum absolute atomic E-state index is 9.65. The molecule has 0 amide bonds. The number of carbonyl (C=O) groups excluding carboxylic acids is 2. The molecule has 4 N–H and O–H groups in total. The summed E-state index contributed by atoms with van der Waals surface area (Å²) in [6.45, 7) is 0. The molecule has 2 atom stereocenters. The fourth-order valence-electron chi connectivity index (χ4n) is 0.149. The Morgan fingerprint density at radius 1 is 0.938 bits per heavy atom. The van der Waals surface area contributed by atoms with Crippen LogP contribution in [0.5, 0.6) is 0 Å². The van der Waals surface area contributed by atoms with Crippen molar-refractivity contribution in [3.8, 4) is 0 Å². The Morgan fingerprint density at radius 2 is 1.12 bits per heavy atom. The Kier molecular flexibility index (Phi) is 27.1. The van der Waals surface area contributed by atoms with Crippen LogP contribution in [0, 0.1) is 0 Å². The van der Waals surface area contributed by atoms with E-state index in [1.807, 2.05) is 0 Å². The summed E-state index contributed by atoms with van der Waals surface area (Å²) in [5.41, 5.74) is 9.75. The van der Waals surface area contributed by atoms with Crippen molar-refractivity contribution in [1.82, 2.24) is 0 Å². The SMILES string of the molecule is N[C@@H](CS)C(=O)[O-].N[C@@H](CS)C(=O)[O-].[Na+].[Na+]. The van der Waals surface area contributed by atoms with Crippen LogP contribution in [-0.2, 0) is 9.59 Å². The summed E-state index contributed by atoms with van der Waals surface area (Å²) in [4.78, 5) is 19.3. The second kappa shape index (κ2) is 16.6. The number of carbonyl (C=O) groups is 2. The predicted octanol–water partition coefficient (Wildman–Crippen LogP) is -10.0. The molecule has 0 fully saturated rings. The number of rotatable bonds is 4. The monoisotopic (exact) mass is 286 g/mol. The van der Waals surface area contributed by atoms with E-state index in [1.165, 1.54) is 0 Å². The summed E-state index contributed by atoms with van der Waals surface area (Å²) in [6.07, 6.45) is 0. The molecular formula is C6H12N2Na2O4S2. The average Bonchev–Trinajstić information content (AvgIpc) is 2.15. The third kappa shape index (κ3) is 17.9. The van der Waals surface area contributed by atoms with E-state index < -0.39 is 24.0 Å². The third-order valence-electron chi connectivity index (χ3n) is 0.999. The molecule has 0 radical (unpaired) electrons. The van der Waals surface area contributed by atoms with Gasteiger partial charge in [-0.25, -0.2) is 0 Å². The van der Waals surface area contributed by atoms with Crippen LogP contribution in [0.25, 0.3) is 0 Å². The van der Waals surface area contributed by atoms with Crippen LogP contribution >= 0.6 is 25.3 Å². The zero-order valence-electron chi connectivity index (χ0n) is 9.25. The van der Waals surface area contributed by atoms with Gasteiger partial charge >= 0.3 is 59.1 Å². The first kappa shape index (κ1) is 26.2. The average molecular weight is 286 g/mol. The van der Waals surface area contributed by atoms with Gasteiger partial charge in [-0.2, -0.15) is 25.3 Å². The van der Waals surface area contributed by atoms with Crippen molar-refractivity contribution >= 4 is 37.2 Å². The van der Waals surface area contributed by atoms with Gasteiger partial charge in [0.2, 0.25) is 0 Å². The minimum Gasteiger partial charge on any atom is -0.548 e. The van der Waals surface area contributed by atoms with Crippen molar-refractivity contribution in [3.63, 3.8) is 0 Å². The van der Waals surface area contributed by atoms with Crippen LogP contribution in [0.3, 0.4) is 0 Å². The van der Waals surface area contributed by atoms with Gasteiger partial charge in [-0.05, 0) is 0 Å². The van der Waals surface area contributed by atoms with E-state index in [0.717, 1.165) is 0 Å². The molecule has 10 heteroatoms. The van der Waals surface area contributed by atoms with Crippen LogP contribution in [0.15, 0.2) is 0 Å². The van der Waals surface area contributed by atoms with E-state index in [1.54, 1.807) is 0 Å². The molecule has 0 unspecified atom stereocenters. The molecule has 0 saturated carbocycles. The number of aliphatic carboxylic acids is 2. The number of thiol groups is 2. The predicted molar refractivity (Wildman–Crippen MR) is 53.7 cm³/mol. The first-order chi connectivity index (χ1) is 6.36. The second-order valence-electron chi connectivity index (χ2n) is 2.22. The Bertz CT molecular complexity index is 179. The second-order valence-corrected chi connectivity index (χ2v) is 2.95. The molecule has 6 nitrogen and oxygen atoms in total. The van der Waals surface area contributed by atoms with Crippen LogP contribution in [0.4, 0.5) is 0 Å². The summed E-state index contributed by atoms with van der Waals surface area (Å²) in [7, 11) is 0.